The molecule has 8 heteroatoms. The number of thiazole rings is 1. The monoisotopic (exact) mass is 459 g/mol. The van der Waals surface area contributed by atoms with Gasteiger partial charge in [-0.05, 0) is 37.3 Å². The Morgan fingerprint density at radius 1 is 1.00 bits per heavy atom. The van der Waals surface area contributed by atoms with Gasteiger partial charge >= 0.3 is 0 Å². The second-order valence-corrected chi connectivity index (χ2v) is 8.78. The van der Waals surface area contributed by atoms with Crippen molar-refractivity contribution in [2.45, 2.75) is 6.92 Å². The van der Waals surface area contributed by atoms with E-state index in [-0.39, 0.29) is 5.91 Å². The van der Waals surface area contributed by atoms with Gasteiger partial charge in [0.1, 0.15) is 5.75 Å². The summed E-state index contributed by atoms with van der Waals surface area (Å²) in [5, 5.41) is 7.44. The smallest absolute Gasteiger partial charge is 0.274 e. The van der Waals surface area contributed by atoms with E-state index in [0.29, 0.717) is 18.8 Å². The van der Waals surface area contributed by atoms with Crippen molar-refractivity contribution in [2.24, 2.45) is 0 Å². The third-order valence-corrected chi connectivity index (χ3v) is 6.72. The van der Waals surface area contributed by atoms with Crippen LogP contribution in [0.2, 0.25) is 0 Å². The number of amides is 1. The van der Waals surface area contributed by atoms with Gasteiger partial charge in [0.25, 0.3) is 5.91 Å². The zero-order valence-corrected chi connectivity index (χ0v) is 19.5. The molecule has 1 amide bonds. The maximum Gasteiger partial charge on any atom is 0.274 e. The number of nitrogens with zero attached hydrogens (tertiary/aromatic N) is 5. The Bertz CT molecular complexity index is 1240. The minimum absolute atomic E-state index is 0.0476. The van der Waals surface area contributed by atoms with Gasteiger partial charge in [0.2, 0.25) is 5.13 Å². The first-order chi connectivity index (χ1) is 16.1. The molecule has 0 aliphatic carbocycles. The molecule has 0 radical (unpaired) electrons. The van der Waals surface area contributed by atoms with Crippen molar-refractivity contribution in [2.75, 3.05) is 38.2 Å². The molecule has 1 aliphatic rings. The fourth-order valence-electron chi connectivity index (χ4n) is 4.01. The van der Waals surface area contributed by atoms with Crippen molar-refractivity contribution < 1.29 is 9.53 Å². The van der Waals surface area contributed by atoms with Crippen LogP contribution < -0.4 is 9.64 Å². The lowest BCUT2D eigenvalue weighted by Crippen LogP contribution is -2.48. The third-order valence-electron chi connectivity index (χ3n) is 5.79. The lowest BCUT2D eigenvalue weighted by atomic mass is 10.1. The average molecular weight is 460 g/mol. The summed E-state index contributed by atoms with van der Waals surface area (Å²) in [4.78, 5) is 22.1. The van der Waals surface area contributed by atoms with E-state index in [1.807, 2.05) is 65.7 Å². The van der Waals surface area contributed by atoms with Crippen LogP contribution in [0, 0.1) is 6.92 Å². The lowest BCUT2D eigenvalue weighted by molar-refractivity contribution is 0.0740. The van der Waals surface area contributed by atoms with E-state index in [2.05, 4.69) is 27.1 Å². The Kier molecular flexibility index (Phi) is 5.83. The van der Waals surface area contributed by atoms with Crippen LogP contribution in [0.25, 0.3) is 16.4 Å². The molecule has 1 saturated heterocycles. The fourth-order valence-corrected chi connectivity index (χ4v) is 4.77. The lowest BCUT2D eigenvalue weighted by Gasteiger charge is -2.35. The maximum absolute atomic E-state index is 13.4. The van der Waals surface area contributed by atoms with E-state index in [1.54, 1.807) is 11.8 Å². The number of hydrogen-bond acceptors (Lipinski definition) is 6. The molecule has 1 fully saturated rings. The molecule has 0 spiro atoms. The Balaban J connectivity index is 1.36. The standard InChI is InChI=1S/C25H25N5O2S/c1-18-17-33-25(26-18)30-23(19-6-4-3-5-7-19)16-22(27-30)24(31)29-14-12-28(13-15-29)20-8-10-21(32-2)11-9-20/h3-11,16-17H,12-15H2,1-2H3. The zero-order valence-electron chi connectivity index (χ0n) is 18.6. The van der Waals surface area contributed by atoms with Crippen LogP contribution in [0.1, 0.15) is 16.2 Å². The molecule has 168 valence electrons. The number of anilines is 1. The molecule has 7 nitrogen and oxygen atoms in total. The highest BCUT2D eigenvalue weighted by Crippen LogP contribution is 2.27. The van der Waals surface area contributed by atoms with Crippen LogP contribution in [-0.4, -0.2) is 58.9 Å². The van der Waals surface area contributed by atoms with Gasteiger partial charge in [-0.15, -0.1) is 11.3 Å². The van der Waals surface area contributed by atoms with Crippen LogP contribution >= 0.6 is 11.3 Å². The molecule has 0 atom stereocenters. The predicted molar refractivity (Wildman–Crippen MR) is 131 cm³/mol. The molecule has 0 unspecified atom stereocenters. The van der Waals surface area contributed by atoms with Crippen molar-refractivity contribution in [1.29, 1.82) is 0 Å². The first kappa shape index (κ1) is 21.2. The van der Waals surface area contributed by atoms with E-state index in [9.17, 15) is 4.79 Å². The van der Waals surface area contributed by atoms with Gasteiger partial charge in [0.15, 0.2) is 5.69 Å². The summed E-state index contributed by atoms with van der Waals surface area (Å²) in [5.74, 6) is 0.793. The number of ether oxygens (including phenoxy) is 1. The van der Waals surface area contributed by atoms with Gasteiger partial charge in [0, 0.05) is 42.8 Å². The number of piperazine rings is 1. The summed E-state index contributed by atoms with van der Waals surface area (Å²) < 4.78 is 7.03. The highest BCUT2D eigenvalue weighted by molar-refractivity contribution is 7.12. The quantitative estimate of drug-likeness (QED) is 0.446. The number of carbonyl (C=O) groups is 1. The first-order valence-electron chi connectivity index (χ1n) is 10.9. The van der Waals surface area contributed by atoms with Crippen molar-refractivity contribution in [3.8, 4) is 22.1 Å². The zero-order chi connectivity index (χ0) is 22.8. The summed E-state index contributed by atoms with van der Waals surface area (Å²) in [6, 6.07) is 19.9. The molecule has 0 N–H and O–H groups in total. The van der Waals surface area contributed by atoms with Crippen molar-refractivity contribution >= 4 is 22.9 Å². The Hall–Kier alpha value is -3.65. The van der Waals surface area contributed by atoms with E-state index >= 15 is 0 Å². The van der Waals surface area contributed by atoms with Gasteiger partial charge in [0.05, 0.1) is 18.5 Å². The van der Waals surface area contributed by atoms with Crippen molar-refractivity contribution in [3.05, 3.63) is 77.4 Å². The molecule has 33 heavy (non-hydrogen) atoms. The second kappa shape index (κ2) is 9.07. The summed E-state index contributed by atoms with van der Waals surface area (Å²) in [5.41, 5.74) is 4.38. The number of rotatable bonds is 5. The van der Waals surface area contributed by atoms with E-state index in [1.165, 1.54) is 11.3 Å². The molecule has 5 rings (SSSR count). The Morgan fingerprint density at radius 3 is 2.36 bits per heavy atom. The summed E-state index contributed by atoms with van der Waals surface area (Å²) >= 11 is 1.52. The number of benzene rings is 2. The van der Waals surface area contributed by atoms with Gasteiger partial charge in [-0.3, -0.25) is 4.79 Å². The van der Waals surface area contributed by atoms with Crippen LogP contribution in [0.4, 0.5) is 5.69 Å². The van der Waals surface area contributed by atoms with Crippen LogP contribution in [0.15, 0.2) is 66.0 Å². The third kappa shape index (κ3) is 4.34. The SMILES string of the molecule is COc1ccc(N2CCN(C(=O)c3cc(-c4ccccc4)n(-c4nc(C)cs4)n3)CC2)cc1. The minimum Gasteiger partial charge on any atom is -0.497 e. The molecule has 0 saturated carbocycles. The molecule has 3 heterocycles. The molecule has 0 bridgehead atoms. The predicted octanol–water partition coefficient (Wildman–Crippen LogP) is 4.28. The number of aryl methyl sites for hydroxylation is 1. The molecule has 4 aromatic rings. The second-order valence-electron chi connectivity index (χ2n) is 7.94. The first-order valence-corrected chi connectivity index (χ1v) is 11.8. The largest absolute Gasteiger partial charge is 0.497 e. The van der Waals surface area contributed by atoms with Crippen LogP contribution in [0.5, 0.6) is 5.75 Å². The van der Waals surface area contributed by atoms with Gasteiger partial charge in [-0.2, -0.15) is 5.10 Å². The normalized spacial score (nSPS) is 13.9. The highest BCUT2D eigenvalue weighted by atomic mass is 32.1. The Morgan fingerprint density at radius 2 is 1.73 bits per heavy atom. The number of hydrogen-bond donors (Lipinski definition) is 0. The topological polar surface area (TPSA) is 63.5 Å². The number of methoxy groups -OCH3 is 1. The Labute approximate surface area is 196 Å². The average Bonchev–Trinajstić information content (AvgIpc) is 3.51. The van der Waals surface area contributed by atoms with Crippen LogP contribution in [-0.2, 0) is 0 Å². The van der Waals surface area contributed by atoms with E-state index in [4.69, 9.17) is 4.74 Å². The van der Waals surface area contributed by atoms with E-state index < -0.39 is 0 Å². The number of aromatic nitrogens is 3. The molecule has 1 aliphatic heterocycles. The molecule has 2 aromatic heterocycles. The van der Waals surface area contributed by atoms with Crippen molar-refractivity contribution in [3.63, 3.8) is 0 Å². The van der Waals surface area contributed by atoms with E-state index in [0.717, 1.165) is 46.6 Å². The highest BCUT2D eigenvalue weighted by Gasteiger charge is 2.26. The molecular weight excluding hydrogens is 434 g/mol. The fraction of sp³-hybridized carbons (Fsp3) is 0.240. The molecule has 2 aromatic carbocycles. The summed E-state index contributed by atoms with van der Waals surface area (Å²) in [6.45, 7) is 4.80. The molecular formula is C25H25N5O2S. The minimum atomic E-state index is -0.0476. The maximum atomic E-state index is 13.4. The number of carbonyl (C=O) groups excluding carboxylic acids is 1. The van der Waals surface area contributed by atoms with Crippen LogP contribution in [0.3, 0.4) is 0 Å². The summed E-state index contributed by atoms with van der Waals surface area (Å²) in [7, 11) is 1.67. The van der Waals surface area contributed by atoms with Gasteiger partial charge in [-0.25, -0.2) is 9.67 Å². The van der Waals surface area contributed by atoms with Crippen molar-refractivity contribution in [1.82, 2.24) is 19.7 Å². The van der Waals surface area contributed by atoms with Gasteiger partial charge in [-0.1, -0.05) is 30.3 Å². The summed E-state index contributed by atoms with van der Waals surface area (Å²) in [6.07, 6.45) is 0. The van der Waals surface area contributed by atoms with Gasteiger partial charge < -0.3 is 14.5 Å².